The Balaban J connectivity index is 2.07. The maximum Gasteiger partial charge on any atom is 0.466 e. The fraction of sp³-hybridized carbons (Fsp3) is 0.636. The lowest BCUT2D eigenvalue weighted by atomic mass is 10.1. The lowest BCUT2D eigenvalue weighted by Crippen LogP contribution is -2.42. The zero-order chi connectivity index (χ0) is 25.2. The summed E-state index contributed by atoms with van der Waals surface area (Å²) in [5, 5.41) is -4.05. The Bertz CT molecular complexity index is 936. The third-order valence-electron chi connectivity index (χ3n) is 5.40. The molecule has 2 rings (SSSR count). The molecule has 1 aromatic rings. The second kappa shape index (κ2) is 13.3. The monoisotopic (exact) mass is 590 g/mol. The summed E-state index contributed by atoms with van der Waals surface area (Å²) in [6.45, 7) is -0.331. The summed E-state index contributed by atoms with van der Waals surface area (Å²) in [4.78, 5) is 24.6. The number of unbranched alkanes of at least 4 members (excludes halogenated alkanes) is 4. The molecule has 0 bridgehead atoms. The second-order valence-electron chi connectivity index (χ2n) is 8.11. The van der Waals surface area contributed by atoms with Crippen molar-refractivity contribution in [1.29, 1.82) is 0 Å². The Morgan fingerprint density at radius 3 is 2.26 bits per heavy atom. The molecule has 6 nitrogen and oxygen atoms in total. The number of hydrogen-bond acceptors (Lipinski definition) is 6. The first kappa shape index (κ1) is 29.1. The van der Waals surface area contributed by atoms with E-state index in [-0.39, 0.29) is 23.7 Å². The van der Waals surface area contributed by atoms with Crippen molar-refractivity contribution in [3.05, 3.63) is 35.6 Å². The highest BCUT2D eigenvalue weighted by Gasteiger charge is 2.58. The van der Waals surface area contributed by atoms with Crippen LogP contribution in [0, 0.1) is 5.82 Å². The summed E-state index contributed by atoms with van der Waals surface area (Å²) in [7, 11) is -8.60. The number of Topliss-reactive ketones (excluding diaryl/α,β-unsaturated/α-hetero) is 1. The third kappa shape index (κ3) is 7.96. The van der Waals surface area contributed by atoms with Crippen molar-refractivity contribution in [2.45, 2.75) is 56.6 Å². The Morgan fingerprint density at radius 1 is 1.00 bits per heavy atom. The molecule has 34 heavy (non-hydrogen) atoms. The van der Waals surface area contributed by atoms with Crippen LogP contribution in [0.15, 0.2) is 24.3 Å². The normalized spacial score (nSPS) is 17.2. The summed E-state index contributed by atoms with van der Waals surface area (Å²) < 4.78 is 77.8. The van der Waals surface area contributed by atoms with E-state index in [1.807, 2.05) is 0 Å². The lowest BCUT2D eigenvalue weighted by Gasteiger charge is -2.41. The van der Waals surface area contributed by atoms with Gasteiger partial charge in [-0.3, -0.25) is 4.79 Å². The molecule has 0 radical (unpaired) electrons. The van der Waals surface area contributed by atoms with Crippen LogP contribution in [0.3, 0.4) is 0 Å². The Labute approximate surface area is 208 Å². The third-order valence-corrected chi connectivity index (χ3v) is 11.5. The number of halogens is 4. The van der Waals surface area contributed by atoms with E-state index in [4.69, 9.17) is 3.63 Å². The van der Waals surface area contributed by atoms with Gasteiger partial charge in [-0.05, 0) is 37.8 Å². The highest BCUT2D eigenvalue weighted by molar-refractivity contribution is 9.09. The molecule has 0 unspecified atom stereocenters. The van der Waals surface area contributed by atoms with Gasteiger partial charge in [0.1, 0.15) is 5.82 Å². The summed E-state index contributed by atoms with van der Waals surface area (Å²) in [5.41, 5.74) is -0.261. The number of rotatable bonds is 14. The molecule has 1 aliphatic rings. The standard InChI is InChI=1S/C22H30BrF3O6S2/c23-13-7-2-1-3-8-14-31-21(28)22(25,26)34(29,30)32-33(15-9-4-10-16-33)17-20(27)18-11-5-6-12-19(18)24/h5-6,11-12H,1-4,7-10,13-17H2. The molecule has 1 aliphatic heterocycles. The molecule has 1 fully saturated rings. The summed E-state index contributed by atoms with van der Waals surface area (Å²) >= 11 is 3.30. The van der Waals surface area contributed by atoms with Crippen LogP contribution in [0.2, 0.25) is 0 Å². The predicted molar refractivity (Wildman–Crippen MR) is 130 cm³/mol. The highest BCUT2D eigenvalue weighted by atomic mass is 79.9. The molecular weight excluding hydrogens is 561 g/mol. The van der Waals surface area contributed by atoms with E-state index in [0.717, 1.165) is 37.1 Å². The highest BCUT2D eigenvalue weighted by Crippen LogP contribution is 2.56. The molecule has 1 aromatic carbocycles. The minimum absolute atomic E-state index is 0.0892. The summed E-state index contributed by atoms with van der Waals surface area (Å²) in [6.07, 6.45) is 5.40. The smallest absolute Gasteiger partial charge is 0.460 e. The molecule has 0 aromatic heterocycles. The van der Waals surface area contributed by atoms with E-state index in [1.54, 1.807) is 0 Å². The van der Waals surface area contributed by atoms with Gasteiger partial charge in [0.05, 0.1) is 17.9 Å². The molecule has 0 amide bonds. The van der Waals surface area contributed by atoms with Gasteiger partial charge in [0, 0.05) is 16.8 Å². The zero-order valence-corrected chi connectivity index (χ0v) is 22.0. The molecule has 0 spiro atoms. The first-order valence-electron chi connectivity index (χ1n) is 11.2. The molecule has 0 saturated carbocycles. The Hall–Kier alpha value is -1.11. The first-order valence-corrected chi connectivity index (χ1v) is 15.7. The lowest BCUT2D eigenvalue weighted by molar-refractivity contribution is -0.161. The zero-order valence-electron chi connectivity index (χ0n) is 18.8. The van der Waals surface area contributed by atoms with Crippen LogP contribution in [0.5, 0.6) is 0 Å². The van der Waals surface area contributed by atoms with Crippen LogP contribution in [0.25, 0.3) is 0 Å². The number of benzene rings is 1. The molecule has 194 valence electrons. The van der Waals surface area contributed by atoms with Crippen molar-refractivity contribution in [2.24, 2.45) is 0 Å². The van der Waals surface area contributed by atoms with Gasteiger partial charge in [0.25, 0.3) is 0 Å². The molecule has 0 aliphatic carbocycles. The maximum atomic E-state index is 14.6. The van der Waals surface area contributed by atoms with Gasteiger partial charge in [-0.2, -0.15) is 17.2 Å². The van der Waals surface area contributed by atoms with Crippen molar-refractivity contribution in [3.8, 4) is 0 Å². The molecule has 1 heterocycles. The number of hydrogen-bond donors (Lipinski definition) is 0. The van der Waals surface area contributed by atoms with Crippen molar-refractivity contribution < 1.29 is 39.5 Å². The number of carbonyl (C=O) groups is 2. The fourth-order valence-corrected chi connectivity index (χ4v) is 9.40. The molecule has 0 N–H and O–H groups in total. The van der Waals surface area contributed by atoms with Gasteiger partial charge < -0.3 is 4.74 Å². The SMILES string of the molecule is O=C(CS1(OS(=O)(=O)C(F)(F)C(=O)OCCCCCCCBr)CCCCC1)c1ccccc1F. The van der Waals surface area contributed by atoms with Crippen LogP contribution in [0.1, 0.15) is 61.7 Å². The topological polar surface area (TPSA) is 86.7 Å². The average molecular weight is 592 g/mol. The van der Waals surface area contributed by atoms with Gasteiger partial charge in [-0.25, -0.2) is 12.8 Å². The van der Waals surface area contributed by atoms with E-state index in [1.165, 1.54) is 18.2 Å². The average Bonchev–Trinajstić information content (AvgIpc) is 2.78. The van der Waals surface area contributed by atoms with E-state index in [2.05, 4.69) is 20.7 Å². The van der Waals surface area contributed by atoms with E-state index < -0.39 is 49.0 Å². The number of esters is 1. The maximum absolute atomic E-state index is 14.6. The quantitative estimate of drug-likeness (QED) is 0.119. The molecule has 1 saturated heterocycles. The minimum atomic E-state index is -5.73. The number of ketones is 1. The number of alkyl halides is 3. The van der Waals surface area contributed by atoms with Crippen LogP contribution in [0.4, 0.5) is 13.2 Å². The first-order chi connectivity index (χ1) is 16.0. The van der Waals surface area contributed by atoms with Gasteiger partial charge in [-0.1, -0.05) is 53.7 Å². The van der Waals surface area contributed by atoms with E-state index in [9.17, 15) is 31.2 Å². The Morgan fingerprint density at radius 2 is 1.62 bits per heavy atom. The van der Waals surface area contributed by atoms with Gasteiger partial charge >= 0.3 is 21.3 Å². The van der Waals surface area contributed by atoms with Crippen molar-refractivity contribution >= 4 is 48.1 Å². The largest absolute Gasteiger partial charge is 0.466 e. The second-order valence-corrected chi connectivity index (χ2v) is 13.9. The van der Waals surface area contributed by atoms with Crippen LogP contribution in [-0.2, 0) is 23.3 Å². The summed E-state index contributed by atoms with van der Waals surface area (Å²) in [6, 6.07) is 5.17. The van der Waals surface area contributed by atoms with Crippen molar-refractivity contribution in [1.82, 2.24) is 0 Å². The molecule has 0 atom stereocenters. The van der Waals surface area contributed by atoms with Crippen molar-refractivity contribution in [2.75, 3.05) is 29.2 Å². The Kier molecular flexibility index (Phi) is 11.4. The van der Waals surface area contributed by atoms with Gasteiger partial charge in [-0.15, -0.1) is 10.3 Å². The van der Waals surface area contributed by atoms with Crippen LogP contribution in [-0.4, -0.2) is 54.6 Å². The van der Waals surface area contributed by atoms with Gasteiger partial charge in [0.15, 0.2) is 5.78 Å². The van der Waals surface area contributed by atoms with E-state index in [0.29, 0.717) is 25.7 Å². The van der Waals surface area contributed by atoms with Crippen LogP contribution >= 0.6 is 26.2 Å². The number of carbonyl (C=O) groups excluding carboxylic acids is 2. The number of ether oxygens (including phenoxy) is 1. The fourth-order valence-electron chi connectivity index (χ4n) is 3.56. The van der Waals surface area contributed by atoms with Crippen LogP contribution < -0.4 is 0 Å². The van der Waals surface area contributed by atoms with Gasteiger partial charge in [0.2, 0.25) is 0 Å². The predicted octanol–water partition coefficient (Wildman–Crippen LogP) is 5.74. The minimum Gasteiger partial charge on any atom is -0.460 e. The molecular formula is C22H30BrF3O6S2. The summed E-state index contributed by atoms with van der Waals surface area (Å²) in [5.74, 6) is -4.05. The van der Waals surface area contributed by atoms with E-state index >= 15 is 0 Å². The molecule has 12 heteroatoms. The van der Waals surface area contributed by atoms with Crippen molar-refractivity contribution in [3.63, 3.8) is 0 Å².